The predicted octanol–water partition coefficient (Wildman–Crippen LogP) is 2.72. The Morgan fingerprint density at radius 3 is 2.38 bits per heavy atom. The summed E-state index contributed by atoms with van der Waals surface area (Å²) < 4.78 is 0. The molecule has 0 unspecified atom stereocenters. The third kappa shape index (κ3) is 2.27. The van der Waals surface area contributed by atoms with E-state index in [1.807, 2.05) is 6.07 Å². The lowest BCUT2D eigenvalue weighted by molar-refractivity contribution is 1.16. The van der Waals surface area contributed by atoms with Crippen LogP contribution in [0.3, 0.4) is 0 Å². The number of hydrogen-bond acceptors (Lipinski definition) is 4. The molecule has 2 rings (SSSR count). The van der Waals surface area contributed by atoms with Gasteiger partial charge in [0, 0.05) is 24.0 Å². The fraction of sp³-hybridized carbons (Fsp3) is 0. The van der Waals surface area contributed by atoms with Crippen molar-refractivity contribution in [2.75, 3.05) is 0 Å². The van der Waals surface area contributed by atoms with Crippen LogP contribution in [0.4, 0.5) is 0 Å². The third-order valence-electron chi connectivity index (χ3n) is 1.79. The van der Waals surface area contributed by atoms with Crippen molar-refractivity contribution < 1.29 is 0 Å². The van der Waals surface area contributed by atoms with Crippen LogP contribution in [0.5, 0.6) is 0 Å². The lowest BCUT2D eigenvalue weighted by atomic mass is 10.2. The van der Waals surface area contributed by atoms with Gasteiger partial charge in [0.25, 0.3) is 0 Å². The molecule has 4 nitrogen and oxygen atoms in total. The number of aromatic nitrogens is 3. The van der Waals surface area contributed by atoms with Crippen molar-refractivity contribution in [2.45, 2.75) is 0 Å². The number of nitrogens with zero attached hydrogens (tertiary/aromatic N) is 4. The van der Waals surface area contributed by atoms with Gasteiger partial charge in [0.15, 0.2) is 5.82 Å². The van der Waals surface area contributed by atoms with Crippen LogP contribution in [0.1, 0.15) is 5.56 Å². The Morgan fingerprint density at radius 1 is 1.06 bits per heavy atom. The summed E-state index contributed by atoms with van der Waals surface area (Å²) in [4.78, 5) is 11.9. The fourth-order valence-corrected chi connectivity index (χ4v) is 1.57. The van der Waals surface area contributed by atoms with Crippen molar-refractivity contribution in [2.24, 2.45) is 0 Å². The van der Waals surface area contributed by atoms with Crippen molar-refractivity contribution >= 4 is 23.2 Å². The smallest absolute Gasteiger partial charge is 0.164 e. The van der Waals surface area contributed by atoms with E-state index in [0.717, 1.165) is 0 Å². The van der Waals surface area contributed by atoms with E-state index in [0.29, 0.717) is 17.0 Å². The number of nitriles is 1. The van der Waals surface area contributed by atoms with Crippen molar-refractivity contribution in [3.63, 3.8) is 0 Å². The second kappa shape index (κ2) is 4.44. The van der Waals surface area contributed by atoms with Crippen LogP contribution in [0.25, 0.3) is 11.4 Å². The summed E-state index contributed by atoms with van der Waals surface area (Å²) in [6, 6.07) is 5.04. The fourth-order valence-electron chi connectivity index (χ4n) is 1.14. The third-order valence-corrected chi connectivity index (χ3v) is 2.18. The van der Waals surface area contributed by atoms with Gasteiger partial charge in [-0.2, -0.15) is 5.26 Å². The van der Waals surface area contributed by atoms with E-state index in [-0.39, 0.29) is 10.3 Å². The van der Waals surface area contributed by atoms with Crippen LogP contribution in [-0.2, 0) is 0 Å². The molecule has 0 atom stereocenters. The van der Waals surface area contributed by atoms with E-state index >= 15 is 0 Å². The number of pyridine rings is 1. The molecule has 2 heterocycles. The van der Waals surface area contributed by atoms with Crippen LogP contribution in [0.2, 0.25) is 10.3 Å². The van der Waals surface area contributed by atoms with Gasteiger partial charge in [0.1, 0.15) is 16.4 Å². The highest BCUT2D eigenvalue weighted by molar-refractivity contribution is 6.33. The standard InChI is InChI=1S/C10H4Cl2N4/c11-8-2-9(12)16-10(15-8)7-1-6(3-13)4-14-5-7/h1-2,4-5H. The first-order chi connectivity index (χ1) is 7.69. The number of hydrogen-bond donors (Lipinski definition) is 0. The van der Waals surface area contributed by atoms with Gasteiger partial charge < -0.3 is 0 Å². The Balaban J connectivity index is 2.54. The minimum Gasteiger partial charge on any atom is -0.263 e. The lowest BCUT2D eigenvalue weighted by Gasteiger charge is -2.00. The highest BCUT2D eigenvalue weighted by Gasteiger charge is 2.06. The monoisotopic (exact) mass is 250 g/mol. The minimum atomic E-state index is 0.248. The summed E-state index contributed by atoms with van der Waals surface area (Å²) >= 11 is 11.5. The van der Waals surface area contributed by atoms with Gasteiger partial charge in [-0.3, -0.25) is 4.98 Å². The van der Waals surface area contributed by atoms with Crippen LogP contribution in [-0.4, -0.2) is 15.0 Å². The first-order valence-electron chi connectivity index (χ1n) is 4.24. The SMILES string of the molecule is N#Cc1cncc(-c2nc(Cl)cc(Cl)n2)c1. The summed E-state index contributed by atoms with van der Waals surface area (Å²) in [5, 5.41) is 9.23. The molecule has 0 aliphatic rings. The molecule has 0 bridgehead atoms. The maximum Gasteiger partial charge on any atom is 0.164 e. The number of rotatable bonds is 1. The molecular weight excluding hydrogens is 247 g/mol. The molecule has 2 aromatic heterocycles. The molecule has 78 valence electrons. The highest BCUT2D eigenvalue weighted by Crippen LogP contribution is 2.20. The Kier molecular flexibility index (Phi) is 3.00. The Morgan fingerprint density at radius 2 is 1.75 bits per heavy atom. The van der Waals surface area contributed by atoms with Crippen LogP contribution in [0.15, 0.2) is 24.5 Å². The maximum atomic E-state index is 8.74. The van der Waals surface area contributed by atoms with Crippen molar-refractivity contribution in [3.05, 3.63) is 40.4 Å². The van der Waals surface area contributed by atoms with E-state index in [4.69, 9.17) is 28.5 Å². The van der Waals surface area contributed by atoms with Crippen molar-refractivity contribution in [1.82, 2.24) is 15.0 Å². The van der Waals surface area contributed by atoms with Gasteiger partial charge in [-0.1, -0.05) is 23.2 Å². The van der Waals surface area contributed by atoms with E-state index in [1.54, 1.807) is 12.3 Å². The first kappa shape index (κ1) is 10.8. The van der Waals surface area contributed by atoms with Gasteiger partial charge in [-0.05, 0) is 6.07 Å². The highest BCUT2D eigenvalue weighted by atomic mass is 35.5. The summed E-state index contributed by atoms with van der Waals surface area (Å²) in [5.74, 6) is 0.349. The average molecular weight is 251 g/mol. The minimum absolute atomic E-state index is 0.248. The van der Waals surface area contributed by atoms with Gasteiger partial charge >= 0.3 is 0 Å². The molecule has 2 aromatic rings. The Bertz CT molecular complexity index is 557. The molecule has 0 aliphatic carbocycles. The number of halogens is 2. The zero-order chi connectivity index (χ0) is 11.5. The maximum absolute atomic E-state index is 8.74. The van der Waals surface area contributed by atoms with Gasteiger partial charge in [0.2, 0.25) is 0 Å². The molecule has 0 saturated carbocycles. The molecule has 0 saturated heterocycles. The Labute approximate surface area is 102 Å². The zero-order valence-electron chi connectivity index (χ0n) is 7.85. The largest absolute Gasteiger partial charge is 0.263 e. The second-order valence-electron chi connectivity index (χ2n) is 2.91. The molecule has 0 radical (unpaired) electrons. The average Bonchev–Trinajstić information content (AvgIpc) is 2.28. The van der Waals surface area contributed by atoms with Crippen molar-refractivity contribution in [3.8, 4) is 17.5 Å². The van der Waals surface area contributed by atoms with E-state index < -0.39 is 0 Å². The first-order valence-corrected chi connectivity index (χ1v) is 5.00. The summed E-state index contributed by atoms with van der Waals surface area (Å²) in [6.07, 6.45) is 3.00. The normalized spacial score (nSPS) is 9.81. The van der Waals surface area contributed by atoms with E-state index in [1.165, 1.54) is 12.3 Å². The van der Waals surface area contributed by atoms with Crippen LogP contribution in [0, 0.1) is 11.3 Å². The zero-order valence-corrected chi connectivity index (χ0v) is 9.37. The molecule has 6 heteroatoms. The molecule has 0 amide bonds. The van der Waals surface area contributed by atoms with Crippen LogP contribution < -0.4 is 0 Å². The van der Waals surface area contributed by atoms with E-state index in [2.05, 4.69) is 15.0 Å². The van der Waals surface area contributed by atoms with E-state index in [9.17, 15) is 0 Å². The molecule has 0 N–H and O–H groups in total. The van der Waals surface area contributed by atoms with Gasteiger partial charge in [-0.25, -0.2) is 9.97 Å². The van der Waals surface area contributed by atoms with Crippen LogP contribution >= 0.6 is 23.2 Å². The van der Waals surface area contributed by atoms with Gasteiger partial charge in [0.05, 0.1) is 5.56 Å². The lowest BCUT2D eigenvalue weighted by Crippen LogP contribution is -1.91. The van der Waals surface area contributed by atoms with Gasteiger partial charge in [-0.15, -0.1) is 0 Å². The molecule has 0 aromatic carbocycles. The molecule has 0 spiro atoms. The molecule has 0 aliphatic heterocycles. The molecular formula is C10H4Cl2N4. The molecule has 0 fully saturated rings. The predicted molar refractivity (Wildman–Crippen MR) is 60.0 cm³/mol. The molecule has 16 heavy (non-hydrogen) atoms. The topological polar surface area (TPSA) is 62.5 Å². The summed E-state index contributed by atoms with van der Waals surface area (Å²) in [6.45, 7) is 0. The second-order valence-corrected chi connectivity index (χ2v) is 3.69. The Hall–Kier alpha value is -1.70. The summed E-state index contributed by atoms with van der Waals surface area (Å²) in [7, 11) is 0. The summed E-state index contributed by atoms with van der Waals surface area (Å²) in [5.41, 5.74) is 1.03. The quantitative estimate of drug-likeness (QED) is 0.731. The van der Waals surface area contributed by atoms with Crippen molar-refractivity contribution in [1.29, 1.82) is 5.26 Å².